The number of hydrogen-bond acceptors (Lipinski definition) is 6. The maximum atomic E-state index is 12.8. The monoisotopic (exact) mass is 527 g/mol. The largest absolute Gasteiger partial charge is 0.469 e. The smallest absolute Gasteiger partial charge is 0.257 e. The van der Waals surface area contributed by atoms with Crippen molar-refractivity contribution in [3.05, 3.63) is 82.6 Å². The third kappa shape index (κ3) is 6.17. The van der Waals surface area contributed by atoms with Crippen molar-refractivity contribution in [1.82, 2.24) is 14.8 Å². The third-order valence-electron chi connectivity index (χ3n) is 8.04. The van der Waals surface area contributed by atoms with Crippen molar-refractivity contribution in [2.45, 2.75) is 65.5 Å². The fourth-order valence-electron chi connectivity index (χ4n) is 5.98. The van der Waals surface area contributed by atoms with Crippen LogP contribution in [0.1, 0.15) is 83.9 Å². The van der Waals surface area contributed by atoms with E-state index in [4.69, 9.17) is 4.42 Å². The lowest BCUT2D eigenvalue weighted by atomic mass is 9.91. The number of rotatable bonds is 4. The summed E-state index contributed by atoms with van der Waals surface area (Å²) in [5.41, 5.74) is 6.01. The van der Waals surface area contributed by atoms with Gasteiger partial charge in [0.05, 0.1) is 23.1 Å². The second kappa shape index (κ2) is 12.5. The maximum absolute atomic E-state index is 12.8. The van der Waals surface area contributed by atoms with Gasteiger partial charge in [-0.05, 0) is 88.0 Å². The number of likely N-dealkylation sites (tertiary alicyclic amines) is 1. The average molecular weight is 528 g/mol. The van der Waals surface area contributed by atoms with E-state index in [1.807, 2.05) is 36.4 Å². The Balaban J connectivity index is 0.000000243. The molecule has 0 spiro atoms. The van der Waals surface area contributed by atoms with Gasteiger partial charge in [0, 0.05) is 44.1 Å². The van der Waals surface area contributed by atoms with Gasteiger partial charge in [-0.25, -0.2) is 0 Å². The number of furan rings is 1. The second-order valence-electron chi connectivity index (χ2n) is 11.1. The number of pyridine rings is 1. The molecule has 0 saturated carbocycles. The molecule has 2 saturated heterocycles. The Hall–Kier alpha value is -3.63. The lowest BCUT2D eigenvalue weighted by Crippen LogP contribution is -2.54. The zero-order valence-corrected chi connectivity index (χ0v) is 24.1. The van der Waals surface area contributed by atoms with E-state index < -0.39 is 0 Å². The SMILES string of the molecule is CN1CCC[C@@H]1c1cccnc1.Cc1ccc(N2CCN(C(=O)c3ccoc3C)[C@H](C)C2)c(C#N)c1C(C)C. The molecule has 7 heteroatoms. The first-order valence-electron chi connectivity index (χ1n) is 14.0. The number of nitriles is 1. The van der Waals surface area contributed by atoms with Gasteiger partial charge in [0.1, 0.15) is 11.8 Å². The first-order valence-corrected chi connectivity index (χ1v) is 14.0. The van der Waals surface area contributed by atoms with Gasteiger partial charge >= 0.3 is 0 Å². The molecule has 2 aliphatic rings. The molecule has 1 aromatic carbocycles. The fourth-order valence-corrected chi connectivity index (χ4v) is 5.98. The number of carbonyl (C=O) groups is 1. The van der Waals surface area contributed by atoms with Crippen LogP contribution < -0.4 is 4.90 Å². The number of anilines is 1. The highest BCUT2D eigenvalue weighted by atomic mass is 16.3. The van der Waals surface area contributed by atoms with Gasteiger partial charge in [0.15, 0.2) is 0 Å². The summed E-state index contributed by atoms with van der Waals surface area (Å²) >= 11 is 0. The van der Waals surface area contributed by atoms with E-state index in [1.54, 1.807) is 12.3 Å². The van der Waals surface area contributed by atoms with Crippen LogP contribution in [0.25, 0.3) is 0 Å². The normalized spacial score (nSPS) is 19.5. The van der Waals surface area contributed by atoms with E-state index in [9.17, 15) is 10.1 Å². The van der Waals surface area contributed by atoms with E-state index in [0.717, 1.165) is 22.4 Å². The Labute approximate surface area is 233 Å². The summed E-state index contributed by atoms with van der Waals surface area (Å²) in [6, 6.07) is 13.2. The van der Waals surface area contributed by atoms with Gasteiger partial charge in [-0.15, -0.1) is 0 Å². The maximum Gasteiger partial charge on any atom is 0.257 e. The van der Waals surface area contributed by atoms with Gasteiger partial charge in [-0.1, -0.05) is 26.0 Å². The molecule has 2 aliphatic heterocycles. The lowest BCUT2D eigenvalue weighted by molar-refractivity contribution is 0.0672. The standard InChI is InChI=1S/C22H27N3O2.C10H14N2/c1-14(2)21-15(3)6-7-20(19(21)12-23)24-9-10-25(16(4)13-24)22(26)18-8-11-27-17(18)5;1-12-7-3-5-10(12)9-4-2-6-11-8-9/h6-8,11,14,16H,9-10,13H2,1-5H3;2,4,6,8,10H,3,5,7H2,1H3/t16-;10-/m11/s1. The van der Waals surface area contributed by atoms with Crippen LogP contribution in [-0.4, -0.2) is 60.0 Å². The van der Waals surface area contributed by atoms with E-state index in [2.05, 4.69) is 67.7 Å². The molecule has 39 heavy (non-hydrogen) atoms. The molecule has 0 aliphatic carbocycles. The molecule has 7 nitrogen and oxygen atoms in total. The quantitative estimate of drug-likeness (QED) is 0.409. The van der Waals surface area contributed by atoms with Crippen molar-refractivity contribution in [3.8, 4) is 6.07 Å². The summed E-state index contributed by atoms with van der Waals surface area (Å²) in [4.78, 5) is 23.5. The first kappa shape index (κ1) is 28.4. The second-order valence-corrected chi connectivity index (χ2v) is 11.1. The summed E-state index contributed by atoms with van der Waals surface area (Å²) in [7, 11) is 2.19. The molecule has 2 atom stereocenters. The third-order valence-corrected chi connectivity index (χ3v) is 8.04. The molecule has 1 amide bonds. The van der Waals surface area contributed by atoms with E-state index >= 15 is 0 Å². The number of piperazine rings is 1. The summed E-state index contributed by atoms with van der Waals surface area (Å²) in [6.07, 6.45) is 7.96. The molecule has 0 unspecified atom stereocenters. The number of aromatic nitrogens is 1. The summed E-state index contributed by atoms with van der Waals surface area (Å²) in [5.74, 6) is 0.964. The molecule has 0 radical (unpaired) electrons. The van der Waals surface area contributed by atoms with Crippen molar-refractivity contribution in [3.63, 3.8) is 0 Å². The number of benzene rings is 1. The van der Waals surface area contributed by atoms with Gasteiger partial charge in [0.25, 0.3) is 5.91 Å². The van der Waals surface area contributed by atoms with Crippen LogP contribution in [0, 0.1) is 25.2 Å². The predicted octanol–water partition coefficient (Wildman–Crippen LogP) is 6.09. The highest BCUT2D eigenvalue weighted by Crippen LogP contribution is 2.33. The van der Waals surface area contributed by atoms with Crippen molar-refractivity contribution in [1.29, 1.82) is 5.26 Å². The van der Waals surface area contributed by atoms with Crippen LogP contribution in [0.5, 0.6) is 0 Å². The molecule has 0 N–H and O–H groups in total. The van der Waals surface area contributed by atoms with Crippen LogP contribution >= 0.6 is 0 Å². The molecule has 0 bridgehead atoms. The van der Waals surface area contributed by atoms with Crippen molar-refractivity contribution < 1.29 is 9.21 Å². The van der Waals surface area contributed by atoms with Gasteiger partial charge in [-0.3, -0.25) is 14.7 Å². The van der Waals surface area contributed by atoms with Crippen LogP contribution in [-0.2, 0) is 0 Å². The number of carbonyl (C=O) groups excluding carboxylic acids is 1. The minimum absolute atomic E-state index is 0.0145. The topological polar surface area (TPSA) is 76.6 Å². The summed E-state index contributed by atoms with van der Waals surface area (Å²) in [6.45, 7) is 13.4. The van der Waals surface area contributed by atoms with Gasteiger partial charge in [0.2, 0.25) is 0 Å². The Kier molecular flexibility index (Phi) is 9.08. The highest BCUT2D eigenvalue weighted by molar-refractivity contribution is 5.95. The Morgan fingerprint density at radius 2 is 1.95 bits per heavy atom. The molecule has 5 rings (SSSR count). The average Bonchev–Trinajstić information content (AvgIpc) is 3.56. The molecule has 206 valence electrons. The van der Waals surface area contributed by atoms with Crippen molar-refractivity contribution >= 4 is 11.6 Å². The number of aryl methyl sites for hydroxylation is 2. The predicted molar refractivity (Wildman–Crippen MR) is 155 cm³/mol. The van der Waals surface area contributed by atoms with E-state index in [-0.39, 0.29) is 11.9 Å². The summed E-state index contributed by atoms with van der Waals surface area (Å²) < 4.78 is 5.29. The van der Waals surface area contributed by atoms with Crippen LogP contribution in [0.4, 0.5) is 5.69 Å². The van der Waals surface area contributed by atoms with Crippen molar-refractivity contribution in [2.75, 3.05) is 38.1 Å². The highest BCUT2D eigenvalue weighted by Gasteiger charge is 2.31. The van der Waals surface area contributed by atoms with Crippen LogP contribution in [0.3, 0.4) is 0 Å². The van der Waals surface area contributed by atoms with Gasteiger partial charge in [-0.2, -0.15) is 5.26 Å². The Bertz CT molecular complexity index is 1310. The van der Waals surface area contributed by atoms with Gasteiger partial charge < -0.3 is 14.2 Å². The minimum Gasteiger partial charge on any atom is -0.469 e. The summed E-state index contributed by atoms with van der Waals surface area (Å²) in [5, 5.41) is 9.81. The zero-order chi connectivity index (χ0) is 28.1. The Morgan fingerprint density at radius 1 is 1.15 bits per heavy atom. The van der Waals surface area contributed by atoms with Crippen LogP contribution in [0.2, 0.25) is 0 Å². The van der Waals surface area contributed by atoms with E-state index in [1.165, 1.54) is 24.9 Å². The Morgan fingerprint density at radius 3 is 2.51 bits per heavy atom. The minimum atomic E-state index is 0.0145. The number of hydrogen-bond donors (Lipinski definition) is 0. The molecular formula is C32H41N5O2. The first-order chi connectivity index (χ1) is 18.7. The molecule has 2 aromatic heterocycles. The lowest BCUT2D eigenvalue weighted by Gasteiger charge is -2.41. The van der Waals surface area contributed by atoms with Crippen LogP contribution in [0.15, 0.2) is 53.4 Å². The van der Waals surface area contributed by atoms with Crippen molar-refractivity contribution in [2.24, 2.45) is 0 Å². The fraction of sp³-hybridized carbons (Fsp3) is 0.469. The molecule has 4 heterocycles. The van der Waals surface area contributed by atoms with E-state index in [0.29, 0.717) is 42.9 Å². The molecule has 3 aromatic rings. The molecular weight excluding hydrogens is 486 g/mol. The molecule has 2 fully saturated rings. The zero-order valence-electron chi connectivity index (χ0n) is 24.1. The number of nitrogens with zero attached hydrogens (tertiary/aromatic N) is 5. The number of amides is 1.